The lowest BCUT2D eigenvalue weighted by molar-refractivity contribution is -0.145. The van der Waals surface area contributed by atoms with Crippen molar-refractivity contribution in [3.63, 3.8) is 0 Å². The summed E-state index contributed by atoms with van der Waals surface area (Å²) >= 11 is 0. The smallest absolute Gasteiger partial charge is 0.229 e. The van der Waals surface area contributed by atoms with Crippen molar-refractivity contribution in [2.75, 3.05) is 6.54 Å². The highest BCUT2D eigenvalue weighted by molar-refractivity contribution is 5.83. The van der Waals surface area contributed by atoms with Crippen LogP contribution in [0.4, 0.5) is 0 Å². The molecular formula is C14H22N2O. The molecule has 1 unspecified atom stereocenters. The summed E-state index contributed by atoms with van der Waals surface area (Å²) in [5.41, 5.74) is -0.190. The summed E-state index contributed by atoms with van der Waals surface area (Å²) in [4.78, 5) is 14.5. The number of hydrogen-bond acceptors (Lipinski definition) is 2. The molecule has 3 nitrogen and oxygen atoms in total. The van der Waals surface area contributed by atoms with Crippen LogP contribution in [0.3, 0.4) is 0 Å². The molecule has 2 aliphatic rings. The van der Waals surface area contributed by atoms with E-state index in [1.54, 1.807) is 0 Å². The molecular weight excluding hydrogens is 212 g/mol. The fourth-order valence-corrected chi connectivity index (χ4v) is 3.20. The van der Waals surface area contributed by atoms with Crippen LogP contribution in [-0.2, 0) is 4.79 Å². The average Bonchev–Trinajstić information content (AvgIpc) is 2.38. The first-order valence-corrected chi connectivity index (χ1v) is 6.88. The SMILES string of the molecule is CC1(C(=O)N2CCCCC2C#N)CCCCC1. The number of hydrogen-bond donors (Lipinski definition) is 0. The van der Waals surface area contributed by atoms with Gasteiger partial charge in [0.15, 0.2) is 0 Å². The van der Waals surface area contributed by atoms with Crippen LogP contribution in [0.15, 0.2) is 0 Å². The largest absolute Gasteiger partial charge is 0.326 e. The van der Waals surface area contributed by atoms with Crippen molar-refractivity contribution in [1.82, 2.24) is 4.90 Å². The van der Waals surface area contributed by atoms with E-state index >= 15 is 0 Å². The van der Waals surface area contributed by atoms with E-state index in [0.717, 1.165) is 51.5 Å². The van der Waals surface area contributed by atoms with E-state index in [9.17, 15) is 4.79 Å². The van der Waals surface area contributed by atoms with Gasteiger partial charge in [-0.1, -0.05) is 26.2 Å². The van der Waals surface area contributed by atoms with Gasteiger partial charge in [-0.05, 0) is 32.1 Å². The molecule has 0 aromatic heterocycles. The van der Waals surface area contributed by atoms with Gasteiger partial charge >= 0.3 is 0 Å². The van der Waals surface area contributed by atoms with Crippen LogP contribution in [0.1, 0.15) is 58.3 Å². The van der Waals surface area contributed by atoms with E-state index in [1.807, 2.05) is 4.90 Å². The topological polar surface area (TPSA) is 44.1 Å². The Morgan fingerprint density at radius 3 is 2.59 bits per heavy atom. The summed E-state index contributed by atoms with van der Waals surface area (Å²) in [5, 5.41) is 9.15. The van der Waals surface area contributed by atoms with Crippen LogP contribution in [0.5, 0.6) is 0 Å². The van der Waals surface area contributed by atoms with Gasteiger partial charge in [0.2, 0.25) is 5.91 Å². The summed E-state index contributed by atoms with van der Waals surface area (Å²) in [7, 11) is 0. The van der Waals surface area contributed by atoms with Crippen molar-refractivity contribution < 1.29 is 4.79 Å². The van der Waals surface area contributed by atoms with Crippen LogP contribution in [0, 0.1) is 16.7 Å². The van der Waals surface area contributed by atoms with Crippen molar-refractivity contribution in [2.24, 2.45) is 5.41 Å². The Morgan fingerprint density at radius 2 is 1.94 bits per heavy atom. The van der Waals surface area contributed by atoms with Gasteiger partial charge in [-0.15, -0.1) is 0 Å². The standard InChI is InChI=1S/C14H22N2O/c1-14(8-4-2-5-9-14)13(17)16-10-6-3-7-12(16)11-15/h12H,2-10H2,1H3. The second-order valence-corrected chi connectivity index (χ2v) is 5.76. The molecule has 17 heavy (non-hydrogen) atoms. The number of rotatable bonds is 1. The van der Waals surface area contributed by atoms with E-state index in [1.165, 1.54) is 6.42 Å². The number of likely N-dealkylation sites (tertiary alicyclic amines) is 1. The zero-order valence-corrected chi connectivity index (χ0v) is 10.7. The van der Waals surface area contributed by atoms with Gasteiger partial charge in [0.05, 0.1) is 6.07 Å². The number of amides is 1. The Balaban J connectivity index is 2.09. The summed E-state index contributed by atoms with van der Waals surface area (Å²) in [6.45, 7) is 2.88. The minimum Gasteiger partial charge on any atom is -0.326 e. The maximum Gasteiger partial charge on any atom is 0.229 e. The molecule has 1 saturated carbocycles. The third kappa shape index (κ3) is 2.46. The van der Waals surface area contributed by atoms with Crippen molar-refractivity contribution in [3.05, 3.63) is 0 Å². The number of carbonyl (C=O) groups is 1. The van der Waals surface area contributed by atoms with E-state index in [2.05, 4.69) is 13.0 Å². The molecule has 0 aromatic rings. The van der Waals surface area contributed by atoms with E-state index in [4.69, 9.17) is 5.26 Å². The number of carbonyl (C=O) groups excluding carboxylic acids is 1. The molecule has 1 atom stereocenters. The van der Waals surface area contributed by atoms with Gasteiger partial charge in [-0.25, -0.2) is 0 Å². The second kappa shape index (κ2) is 5.08. The first kappa shape index (κ1) is 12.4. The Hall–Kier alpha value is -1.04. The minimum absolute atomic E-state index is 0.171. The van der Waals surface area contributed by atoms with E-state index in [-0.39, 0.29) is 17.4 Å². The molecule has 3 heteroatoms. The van der Waals surface area contributed by atoms with Crippen LogP contribution in [-0.4, -0.2) is 23.4 Å². The van der Waals surface area contributed by atoms with Crippen molar-refractivity contribution in [1.29, 1.82) is 5.26 Å². The molecule has 0 spiro atoms. The maximum atomic E-state index is 12.6. The minimum atomic E-state index is -0.190. The predicted octanol–water partition coefficient (Wildman–Crippen LogP) is 2.86. The fraction of sp³-hybridized carbons (Fsp3) is 0.857. The third-order valence-electron chi connectivity index (χ3n) is 4.39. The molecule has 94 valence electrons. The van der Waals surface area contributed by atoms with Gasteiger partial charge in [0, 0.05) is 12.0 Å². The average molecular weight is 234 g/mol. The zero-order chi connectivity index (χ0) is 12.3. The third-order valence-corrected chi connectivity index (χ3v) is 4.39. The molecule has 0 bridgehead atoms. The highest BCUT2D eigenvalue weighted by atomic mass is 16.2. The molecule has 2 fully saturated rings. The predicted molar refractivity (Wildman–Crippen MR) is 66.2 cm³/mol. The number of piperidine rings is 1. The highest BCUT2D eigenvalue weighted by Gasteiger charge is 2.40. The molecule has 1 saturated heterocycles. The normalized spacial score (nSPS) is 28.5. The maximum absolute atomic E-state index is 12.6. The van der Waals surface area contributed by atoms with Gasteiger partial charge in [-0.3, -0.25) is 4.79 Å². The number of nitrogens with zero attached hydrogens (tertiary/aromatic N) is 2. The Morgan fingerprint density at radius 1 is 1.24 bits per heavy atom. The van der Waals surface area contributed by atoms with Crippen molar-refractivity contribution in [3.8, 4) is 6.07 Å². The molecule has 2 rings (SSSR count). The van der Waals surface area contributed by atoms with Crippen molar-refractivity contribution >= 4 is 5.91 Å². The van der Waals surface area contributed by atoms with Gasteiger partial charge < -0.3 is 4.90 Å². The summed E-state index contributed by atoms with van der Waals surface area (Å²) < 4.78 is 0. The second-order valence-electron chi connectivity index (χ2n) is 5.76. The molecule has 0 radical (unpaired) electrons. The first-order chi connectivity index (χ1) is 8.17. The summed E-state index contributed by atoms with van der Waals surface area (Å²) in [5.74, 6) is 0.239. The van der Waals surface area contributed by atoms with Gasteiger partial charge in [-0.2, -0.15) is 5.26 Å². The summed E-state index contributed by atoms with van der Waals surface area (Å²) in [6.07, 6.45) is 8.57. The molecule has 1 aliphatic carbocycles. The monoisotopic (exact) mass is 234 g/mol. The van der Waals surface area contributed by atoms with Crippen LogP contribution in [0.25, 0.3) is 0 Å². The van der Waals surface area contributed by atoms with Gasteiger partial charge in [0.25, 0.3) is 0 Å². The lowest BCUT2D eigenvalue weighted by Gasteiger charge is -2.40. The zero-order valence-electron chi connectivity index (χ0n) is 10.7. The van der Waals surface area contributed by atoms with Crippen LogP contribution < -0.4 is 0 Å². The van der Waals surface area contributed by atoms with Crippen molar-refractivity contribution in [2.45, 2.75) is 64.3 Å². The number of nitriles is 1. The lowest BCUT2D eigenvalue weighted by atomic mass is 9.74. The Bertz CT molecular complexity index is 326. The van der Waals surface area contributed by atoms with Crippen LogP contribution >= 0.6 is 0 Å². The van der Waals surface area contributed by atoms with Gasteiger partial charge in [0.1, 0.15) is 6.04 Å². The highest BCUT2D eigenvalue weighted by Crippen LogP contribution is 2.38. The molecule has 1 amide bonds. The van der Waals surface area contributed by atoms with E-state index in [0.29, 0.717) is 0 Å². The van der Waals surface area contributed by atoms with E-state index < -0.39 is 0 Å². The molecule has 1 aliphatic heterocycles. The first-order valence-electron chi connectivity index (χ1n) is 6.88. The molecule has 0 N–H and O–H groups in total. The molecule has 0 aromatic carbocycles. The molecule has 1 heterocycles. The quantitative estimate of drug-likeness (QED) is 0.700. The fourth-order valence-electron chi connectivity index (χ4n) is 3.20. The summed E-state index contributed by atoms with van der Waals surface area (Å²) in [6, 6.07) is 2.13. The van der Waals surface area contributed by atoms with Crippen LogP contribution in [0.2, 0.25) is 0 Å². The Labute approximate surface area is 104 Å². The Kier molecular flexibility index (Phi) is 3.71. The lowest BCUT2D eigenvalue weighted by Crippen LogP contribution is -2.50.